The zero-order valence-electron chi connectivity index (χ0n) is 10.9. The molecule has 3 rings (SSSR count). The highest BCUT2D eigenvalue weighted by atomic mass is 35.5. The third kappa shape index (κ3) is 2.68. The van der Waals surface area contributed by atoms with Crippen molar-refractivity contribution in [1.29, 1.82) is 0 Å². The Morgan fingerprint density at radius 1 is 1.05 bits per heavy atom. The fourth-order valence-corrected chi connectivity index (χ4v) is 2.23. The fourth-order valence-electron chi connectivity index (χ4n) is 1.95. The maximum atomic E-state index is 6.07. The lowest BCUT2D eigenvalue weighted by atomic mass is 10.2. The molecular weight excluding hydrogens is 311 g/mol. The molecule has 0 radical (unpaired) electrons. The van der Waals surface area contributed by atoms with Crippen molar-refractivity contribution < 1.29 is 0 Å². The average Bonchev–Trinajstić information content (AvgIpc) is 2.50. The van der Waals surface area contributed by atoms with Crippen LogP contribution in [0.4, 0.5) is 17.2 Å². The van der Waals surface area contributed by atoms with E-state index in [2.05, 4.69) is 30.6 Å². The quantitative estimate of drug-likeness (QED) is 0.719. The Hall–Kier alpha value is -2.18. The van der Waals surface area contributed by atoms with Gasteiger partial charge in [-0.1, -0.05) is 11.6 Å². The summed E-state index contributed by atoms with van der Waals surface area (Å²) < 4.78 is 0. The molecule has 1 aromatic carbocycles. The number of rotatable bonds is 3. The summed E-state index contributed by atoms with van der Waals surface area (Å²) in [6.45, 7) is 0. The summed E-state index contributed by atoms with van der Waals surface area (Å²) in [7, 11) is 1.81. The highest BCUT2D eigenvalue weighted by Gasteiger charge is 2.11. The van der Waals surface area contributed by atoms with Crippen LogP contribution < -0.4 is 10.6 Å². The zero-order valence-corrected chi connectivity index (χ0v) is 12.4. The molecule has 106 valence electrons. The maximum absolute atomic E-state index is 6.07. The predicted octanol–water partition coefficient (Wildman–Crippen LogP) is 3.51. The topological polar surface area (TPSA) is 75.6 Å². The molecule has 0 atom stereocenters. The molecule has 0 spiro atoms. The monoisotopic (exact) mass is 320 g/mol. The van der Waals surface area contributed by atoms with Crippen LogP contribution in [-0.4, -0.2) is 27.0 Å². The van der Waals surface area contributed by atoms with Gasteiger partial charge in [-0.25, -0.2) is 4.98 Å². The Kier molecular flexibility index (Phi) is 3.72. The van der Waals surface area contributed by atoms with Gasteiger partial charge in [0.1, 0.15) is 10.5 Å². The Bertz CT molecular complexity index is 808. The van der Waals surface area contributed by atoms with E-state index in [0.29, 0.717) is 10.8 Å². The van der Waals surface area contributed by atoms with Gasteiger partial charge in [-0.3, -0.25) is 9.97 Å². The minimum atomic E-state index is 0.119. The molecule has 0 aliphatic carbocycles. The van der Waals surface area contributed by atoms with Crippen LogP contribution >= 0.6 is 23.2 Å². The Labute approximate surface area is 130 Å². The Morgan fingerprint density at radius 3 is 2.67 bits per heavy atom. The van der Waals surface area contributed by atoms with Crippen molar-refractivity contribution in [2.45, 2.75) is 0 Å². The number of aromatic nitrogens is 4. The number of nitrogens with zero attached hydrogens (tertiary/aromatic N) is 4. The smallest absolute Gasteiger partial charge is 0.224 e. The van der Waals surface area contributed by atoms with Gasteiger partial charge in [0, 0.05) is 19.4 Å². The summed E-state index contributed by atoms with van der Waals surface area (Å²) in [4.78, 5) is 16.5. The first-order chi connectivity index (χ1) is 10.2. The van der Waals surface area contributed by atoms with Crippen molar-refractivity contribution in [3.8, 4) is 0 Å². The van der Waals surface area contributed by atoms with Gasteiger partial charge in [0.05, 0.1) is 23.1 Å². The van der Waals surface area contributed by atoms with Crippen LogP contribution in [0.3, 0.4) is 0 Å². The van der Waals surface area contributed by atoms with Gasteiger partial charge in [0.2, 0.25) is 5.28 Å². The lowest BCUT2D eigenvalue weighted by Crippen LogP contribution is -2.02. The standard InChI is InChI=1S/C13H10Cl2N6/c1-16-10-9(3-2-8-11(10)18-5-4-17-8)20-12-7(14)6-19-13(15)21-12/h2-6,16H,1H3,(H,19,20,21). The van der Waals surface area contributed by atoms with Crippen molar-refractivity contribution >= 4 is 51.4 Å². The number of hydrogen-bond donors (Lipinski definition) is 2. The molecule has 0 amide bonds. The first-order valence-corrected chi connectivity index (χ1v) is 6.81. The lowest BCUT2D eigenvalue weighted by Gasteiger charge is -2.13. The number of halogens is 2. The van der Waals surface area contributed by atoms with Crippen molar-refractivity contribution in [2.24, 2.45) is 0 Å². The van der Waals surface area contributed by atoms with Crippen molar-refractivity contribution in [1.82, 2.24) is 19.9 Å². The van der Waals surface area contributed by atoms with Gasteiger partial charge in [-0.2, -0.15) is 4.98 Å². The summed E-state index contributed by atoms with van der Waals surface area (Å²) in [5.41, 5.74) is 3.11. The minimum Gasteiger partial charge on any atom is -0.385 e. The molecule has 2 heterocycles. The molecule has 0 unspecified atom stereocenters. The summed E-state index contributed by atoms with van der Waals surface area (Å²) in [6.07, 6.45) is 4.73. The van der Waals surface area contributed by atoms with Crippen LogP contribution in [0.5, 0.6) is 0 Å². The van der Waals surface area contributed by atoms with Gasteiger partial charge in [-0.15, -0.1) is 0 Å². The first-order valence-electron chi connectivity index (χ1n) is 6.05. The van der Waals surface area contributed by atoms with Gasteiger partial charge in [0.15, 0.2) is 5.82 Å². The lowest BCUT2D eigenvalue weighted by molar-refractivity contribution is 1.17. The molecule has 2 aromatic heterocycles. The van der Waals surface area contributed by atoms with Gasteiger partial charge in [0.25, 0.3) is 0 Å². The molecule has 8 heteroatoms. The highest BCUT2D eigenvalue weighted by Crippen LogP contribution is 2.32. The van der Waals surface area contributed by atoms with E-state index in [1.54, 1.807) is 12.4 Å². The molecule has 6 nitrogen and oxygen atoms in total. The second-order valence-electron chi connectivity index (χ2n) is 4.12. The second-order valence-corrected chi connectivity index (χ2v) is 4.87. The SMILES string of the molecule is CNc1c(Nc2nc(Cl)ncc2Cl)ccc2nccnc12. The Balaban J connectivity index is 2.10. The normalized spacial score (nSPS) is 10.6. The summed E-state index contributed by atoms with van der Waals surface area (Å²) in [5, 5.41) is 6.73. The number of benzene rings is 1. The van der Waals surface area contributed by atoms with Crippen molar-refractivity contribution in [2.75, 3.05) is 17.7 Å². The number of fused-ring (bicyclic) bond motifs is 1. The minimum absolute atomic E-state index is 0.119. The summed E-state index contributed by atoms with van der Waals surface area (Å²) >= 11 is 11.9. The van der Waals surface area contributed by atoms with E-state index in [9.17, 15) is 0 Å². The molecular formula is C13H10Cl2N6. The number of hydrogen-bond acceptors (Lipinski definition) is 6. The highest BCUT2D eigenvalue weighted by molar-refractivity contribution is 6.33. The van der Waals surface area contributed by atoms with Crippen molar-refractivity contribution in [3.63, 3.8) is 0 Å². The van der Waals surface area contributed by atoms with Crippen LogP contribution in [0, 0.1) is 0 Å². The van der Waals surface area contributed by atoms with Crippen LogP contribution in [-0.2, 0) is 0 Å². The molecule has 3 aromatic rings. The number of nitrogens with one attached hydrogen (secondary N) is 2. The average molecular weight is 321 g/mol. The molecule has 0 fully saturated rings. The Morgan fingerprint density at radius 2 is 1.86 bits per heavy atom. The van der Waals surface area contributed by atoms with Gasteiger partial charge < -0.3 is 10.6 Å². The molecule has 21 heavy (non-hydrogen) atoms. The molecule has 0 aliphatic heterocycles. The van der Waals surface area contributed by atoms with E-state index in [1.165, 1.54) is 6.20 Å². The summed E-state index contributed by atoms with van der Waals surface area (Å²) in [6, 6.07) is 3.73. The van der Waals surface area contributed by atoms with Gasteiger partial charge in [-0.05, 0) is 23.7 Å². The second kappa shape index (κ2) is 5.67. The molecule has 0 saturated heterocycles. The van der Waals surface area contributed by atoms with E-state index in [-0.39, 0.29) is 5.28 Å². The molecule has 0 saturated carbocycles. The van der Waals surface area contributed by atoms with E-state index < -0.39 is 0 Å². The van der Waals surface area contributed by atoms with Crippen molar-refractivity contribution in [3.05, 3.63) is 41.0 Å². The largest absolute Gasteiger partial charge is 0.385 e. The van der Waals surface area contributed by atoms with Crippen LogP contribution in [0.2, 0.25) is 10.3 Å². The first kappa shape index (κ1) is 13.8. The molecule has 0 bridgehead atoms. The van der Waals surface area contributed by atoms with Crippen LogP contribution in [0.15, 0.2) is 30.7 Å². The summed E-state index contributed by atoms with van der Waals surface area (Å²) in [5.74, 6) is 0.427. The fraction of sp³-hybridized carbons (Fsp3) is 0.0769. The molecule has 0 aliphatic rings. The van der Waals surface area contributed by atoms with E-state index >= 15 is 0 Å². The molecule has 2 N–H and O–H groups in total. The van der Waals surface area contributed by atoms with Crippen LogP contribution in [0.25, 0.3) is 11.0 Å². The third-order valence-electron chi connectivity index (χ3n) is 2.86. The van der Waals surface area contributed by atoms with E-state index in [1.807, 2.05) is 19.2 Å². The van der Waals surface area contributed by atoms with Crippen LogP contribution in [0.1, 0.15) is 0 Å². The predicted molar refractivity (Wildman–Crippen MR) is 84.4 cm³/mol. The number of anilines is 3. The van der Waals surface area contributed by atoms with E-state index in [4.69, 9.17) is 23.2 Å². The zero-order chi connectivity index (χ0) is 14.8. The van der Waals surface area contributed by atoms with Gasteiger partial charge >= 0.3 is 0 Å². The maximum Gasteiger partial charge on any atom is 0.224 e. The third-order valence-corrected chi connectivity index (χ3v) is 3.32. The van der Waals surface area contributed by atoms with E-state index in [0.717, 1.165) is 22.4 Å².